The molecule has 0 radical (unpaired) electrons. The molecule has 2 bridgehead atoms. The van der Waals surface area contributed by atoms with Crippen molar-refractivity contribution in [3.8, 4) is 0 Å². The lowest BCUT2D eigenvalue weighted by Gasteiger charge is -2.38. The molecule has 0 aromatic heterocycles. The number of benzene rings is 1. The summed E-state index contributed by atoms with van der Waals surface area (Å²) in [6.07, 6.45) is 8.36. The van der Waals surface area contributed by atoms with E-state index < -0.39 is 29.6 Å². The SMILES string of the molecule is CCCCN(C)CCN1C(=O)[C@@H]2[C@H](C(=O)Nc3cc(Cl)cc(Cl)c3)[C@@H]3C=C[C@@]2(O3)[C@@H]1C(=O)N[C@@H]1CCC[C@H](C)[C@H]1C. The Kier molecular flexibility index (Phi) is 9.05. The number of carbonyl (C=O) groups is 3. The van der Waals surface area contributed by atoms with Crippen LogP contribution < -0.4 is 10.6 Å². The highest BCUT2D eigenvalue weighted by Crippen LogP contribution is 2.55. The highest BCUT2D eigenvalue weighted by Gasteiger charge is 2.72. The van der Waals surface area contributed by atoms with Crippen molar-refractivity contribution in [3.05, 3.63) is 40.4 Å². The van der Waals surface area contributed by atoms with Crippen LogP contribution >= 0.6 is 23.2 Å². The van der Waals surface area contributed by atoms with Gasteiger partial charge in [-0.15, -0.1) is 0 Å². The molecule has 3 amide bonds. The van der Waals surface area contributed by atoms with Crippen LogP contribution in [0.15, 0.2) is 30.4 Å². The van der Waals surface area contributed by atoms with Crippen molar-refractivity contribution in [2.45, 2.75) is 76.7 Å². The predicted octanol–water partition coefficient (Wildman–Crippen LogP) is 4.76. The zero-order valence-corrected chi connectivity index (χ0v) is 25.9. The third kappa shape index (κ3) is 5.77. The number of carbonyl (C=O) groups excluding carboxylic acids is 3. The van der Waals surface area contributed by atoms with Crippen molar-refractivity contribution < 1.29 is 19.1 Å². The summed E-state index contributed by atoms with van der Waals surface area (Å²) in [5.74, 6) is -1.49. The first-order chi connectivity index (χ1) is 19.6. The third-order valence-electron chi connectivity index (χ3n) is 9.71. The first-order valence-electron chi connectivity index (χ1n) is 15.0. The number of halogens is 2. The lowest BCUT2D eigenvalue weighted by molar-refractivity contribution is -0.141. The van der Waals surface area contributed by atoms with Gasteiger partial charge in [-0.2, -0.15) is 0 Å². The van der Waals surface area contributed by atoms with Gasteiger partial charge in [-0.1, -0.05) is 75.4 Å². The fourth-order valence-electron chi connectivity index (χ4n) is 7.23. The minimum atomic E-state index is -1.19. The third-order valence-corrected chi connectivity index (χ3v) is 10.1. The monoisotopic (exact) mass is 604 g/mol. The molecular formula is C31H42Cl2N4O4. The van der Waals surface area contributed by atoms with Crippen LogP contribution in [0, 0.1) is 23.7 Å². The van der Waals surface area contributed by atoms with E-state index in [2.05, 4.69) is 36.3 Å². The molecule has 8 nitrogen and oxygen atoms in total. The van der Waals surface area contributed by atoms with E-state index >= 15 is 0 Å². The molecule has 3 fully saturated rings. The van der Waals surface area contributed by atoms with Crippen LogP contribution in [0.5, 0.6) is 0 Å². The zero-order valence-electron chi connectivity index (χ0n) is 24.4. The average molecular weight is 606 g/mol. The number of ether oxygens (including phenoxy) is 1. The first kappa shape index (κ1) is 30.3. The lowest BCUT2D eigenvalue weighted by Crippen LogP contribution is -2.58. The number of nitrogens with one attached hydrogen (secondary N) is 2. The molecular weight excluding hydrogens is 563 g/mol. The number of nitrogens with zero attached hydrogens (tertiary/aromatic N) is 2. The number of fused-ring (bicyclic) bond motifs is 1. The Morgan fingerprint density at radius 2 is 1.85 bits per heavy atom. The van der Waals surface area contributed by atoms with Gasteiger partial charge in [0.15, 0.2) is 0 Å². The van der Waals surface area contributed by atoms with E-state index in [1.165, 1.54) is 0 Å². The van der Waals surface area contributed by atoms with Crippen molar-refractivity contribution >= 4 is 46.6 Å². The van der Waals surface area contributed by atoms with Crippen molar-refractivity contribution in [1.29, 1.82) is 0 Å². The Morgan fingerprint density at radius 3 is 2.56 bits per heavy atom. The van der Waals surface area contributed by atoms with Gasteiger partial charge >= 0.3 is 0 Å². The van der Waals surface area contributed by atoms with Crippen LogP contribution in [0.3, 0.4) is 0 Å². The molecule has 3 heterocycles. The summed E-state index contributed by atoms with van der Waals surface area (Å²) in [6.45, 7) is 8.49. The van der Waals surface area contributed by atoms with Gasteiger partial charge in [0, 0.05) is 34.9 Å². The van der Waals surface area contributed by atoms with Gasteiger partial charge in [0.1, 0.15) is 11.6 Å². The molecule has 2 N–H and O–H groups in total. The van der Waals surface area contributed by atoms with Gasteiger partial charge < -0.3 is 25.2 Å². The van der Waals surface area contributed by atoms with E-state index in [9.17, 15) is 14.4 Å². The van der Waals surface area contributed by atoms with E-state index in [1.807, 2.05) is 19.2 Å². The lowest BCUT2D eigenvalue weighted by atomic mass is 9.73. The average Bonchev–Trinajstić information content (AvgIpc) is 3.55. The summed E-state index contributed by atoms with van der Waals surface area (Å²) in [7, 11) is 2.03. The molecule has 1 aromatic carbocycles. The maximum atomic E-state index is 14.2. The van der Waals surface area contributed by atoms with Crippen LogP contribution in [0.4, 0.5) is 5.69 Å². The number of likely N-dealkylation sites (tertiary alicyclic amines) is 1. The molecule has 5 rings (SSSR count). The van der Waals surface area contributed by atoms with Crippen molar-refractivity contribution in [2.24, 2.45) is 23.7 Å². The van der Waals surface area contributed by atoms with Gasteiger partial charge in [-0.3, -0.25) is 14.4 Å². The van der Waals surface area contributed by atoms with Crippen LogP contribution in [0.1, 0.15) is 52.9 Å². The van der Waals surface area contributed by atoms with Crippen molar-refractivity contribution in [2.75, 3.05) is 32.0 Å². The second-order valence-corrected chi connectivity index (χ2v) is 13.3. The second-order valence-electron chi connectivity index (χ2n) is 12.4. The Morgan fingerprint density at radius 1 is 1.12 bits per heavy atom. The number of amides is 3. The summed E-state index contributed by atoms with van der Waals surface area (Å²) in [5, 5.41) is 6.99. The fraction of sp³-hybridized carbons (Fsp3) is 0.645. The van der Waals surface area contributed by atoms with Crippen LogP contribution in [-0.4, -0.2) is 78.0 Å². The molecule has 1 spiro atoms. The quantitative estimate of drug-likeness (QED) is 0.376. The number of unbranched alkanes of at least 4 members (excludes halogenated alkanes) is 1. The van der Waals surface area contributed by atoms with E-state index in [0.29, 0.717) is 40.7 Å². The van der Waals surface area contributed by atoms with Crippen molar-refractivity contribution in [1.82, 2.24) is 15.1 Å². The molecule has 41 heavy (non-hydrogen) atoms. The molecule has 1 aliphatic carbocycles. The molecule has 224 valence electrons. The molecule has 8 atom stereocenters. The zero-order chi connectivity index (χ0) is 29.5. The Labute approximate surface area is 253 Å². The minimum Gasteiger partial charge on any atom is -0.359 e. The highest BCUT2D eigenvalue weighted by molar-refractivity contribution is 6.35. The molecule has 4 aliphatic rings. The maximum Gasteiger partial charge on any atom is 0.246 e. The highest BCUT2D eigenvalue weighted by atomic mass is 35.5. The van der Waals surface area contributed by atoms with Crippen molar-refractivity contribution in [3.63, 3.8) is 0 Å². The second kappa shape index (κ2) is 12.2. The number of rotatable bonds is 10. The Bertz CT molecular complexity index is 1190. The fourth-order valence-corrected chi connectivity index (χ4v) is 7.75. The Hall–Kier alpha value is -2.13. The summed E-state index contributed by atoms with van der Waals surface area (Å²) in [4.78, 5) is 45.9. The molecule has 3 aliphatic heterocycles. The molecule has 10 heteroatoms. The van der Waals surface area contributed by atoms with Crippen LogP contribution in [0.25, 0.3) is 0 Å². The summed E-state index contributed by atoms with van der Waals surface area (Å²) in [6, 6.07) is 4.01. The van der Waals surface area contributed by atoms with Gasteiger partial charge in [-0.05, 0) is 56.5 Å². The van der Waals surface area contributed by atoms with Gasteiger partial charge in [0.05, 0.1) is 17.9 Å². The minimum absolute atomic E-state index is 0.0418. The summed E-state index contributed by atoms with van der Waals surface area (Å²) in [5.41, 5.74) is -0.742. The van der Waals surface area contributed by atoms with E-state index in [1.54, 1.807) is 23.1 Å². The molecule has 1 aromatic rings. The first-order valence-corrected chi connectivity index (χ1v) is 15.7. The molecule has 2 saturated heterocycles. The summed E-state index contributed by atoms with van der Waals surface area (Å²) >= 11 is 12.3. The topological polar surface area (TPSA) is 91.0 Å². The Balaban J connectivity index is 1.42. The largest absolute Gasteiger partial charge is 0.359 e. The molecule has 0 unspecified atom stereocenters. The van der Waals surface area contributed by atoms with Gasteiger partial charge in [0.25, 0.3) is 0 Å². The van der Waals surface area contributed by atoms with Gasteiger partial charge in [-0.25, -0.2) is 0 Å². The van der Waals surface area contributed by atoms with Crippen LogP contribution in [-0.2, 0) is 19.1 Å². The smallest absolute Gasteiger partial charge is 0.246 e. The van der Waals surface area contributed by atoms with E-state index in [0.717, 1.165) is 38.6 Å². The van der Waals surface area contributed by atoms with Crippen LogP contribution in [0.2, 0.25) is 10.0 Å². The maximum absolute atomic E-state index is 14.2. The predicted molar refractivity (Wildman–Crippen MR) is 161 cm³/mol. The number of hydrogen-bond donors (Lipinski definition) is 2. The summed E-state index contributed by atoms with van der Waals surface area (Å²) < 4.78 is 6.49. The number of likely N-dealkylation sites (N-methyl/N-ethyl adjacent to an activating group) is 1. The van der Waals surface area contributed by atoms with E-state index in [-0.39, 0.29) is 23.8 Å². The van der Waals surface area contributed by atoms with E-state index in [4.69, 9.17) is 27.9 Å². The normalized spacial score (nSPS) is 33.9. The number of hydrogen-bond acceptors (Lipinski definition) is 5. The number of anilines is 1. The molecule has 1 saturated carbocycles. The standard InChI is InChI=1S/C31H42Cl2N4O4/c1-5-6-12-36(4)13-14-37-27(29(39)35-23-9-7-8-18(2)19(23)3)31-11-10-24(41-31)25(26(31)30(37)40)28(38)34-22-16-20(32)15-21(33)17-22/h10-11,15-19,23-27H,5-9,12-14H2,1-4H3,(H,34,38)(H,35,39)/t18-,19+,23+,24-,25+,26-,27-,31-/m0/s1. The van der Waals surface area contributed by atoms with Gasteiger partial charge in [0.2, 0.25) is 17.7 Å².